The topological polar surface area (TPSA) is 140 Å². The number of thiophene rings is 1. The van der Waals surface area contributed by atoms with Gasteiger partial charge in [-0.25, -0.2) is 23.4 Å². The number of nitrogens with zero attached hydrogens (tertiary/aromatic N) is 7. The minimum absolute atomic E-state index is 0.0110. The summed E-state index contributed by atoms with van der Waals surface area (Å²) in [5.41, 5.74) is 7.36. The summed E-state index contributed by atoms with van der Waals surface area (Å²) in [6.45, 7) is 4.89. The highest BCUT2D eigenvalue weighted by Crippen LogP contribution is 2.39. The molecule has 0 unspecified atom stereocenters. The molecular formula is C38H39F2N9O3S. The molecule has 2 aliphatic heterocycles. The lowest BCUT2D eigenvalue weighted by molar-refractivity contribution is -0.0697. The number of halogens is 2. The van der Waals surface area contributed by atoms with Crippen molar-refractivity contribution in [2.45, 2.75) is 50.5 Å². The highest BCUT2D eigenvalue weighted by molar-refractivity contribution is 7.18. The third-order valence-electron chi connectivity index (χ3n) is 10.4. The lowest BCUT2D eigenvalue weighted by Crippen LogP contribution is -2.55. The molecule has 1 saturated heterocycles. The van der Waals surface area contributed by atoms with Crippen LogP contribution in [0.1, 0.15) is 30.2 Å². The van der Waals surface area contributed by atoms with Gasteiger partial charge in [0.15, 0.2) is 5.82 Å². The lowest BCUT2D eigenvalue weighted by Gasteiger charge is -2.44. The zero-order chi connectivity index (χ0) is 36.7. The Morgan fingerprint density at radius 3 is 2.62 bits per heavy atom. The first kappa shape index (κ1) is 34.8. The molecule has 2 aliphatic rings. The van der Waals surface area contributed by atoms with E-state index in [0.29, 0.717) is 48.8 Å². The first-order valence-electron chi connectivity index (χ1n) is 17.6. The summed E-state index contributed by atoms with van der Waals surface area (Å²) in [4.78, 5) is 27.9. The van der Waals surface area contributed by atoms with Crippen molar-refractivity contribution in [2.75, 3.05) is 36.9 Å². The second kappa shape index (κ2) is 14.3. The average Bonchev–Trinajstić information content (AvgIpc) is 3.83. The Morgan fingerprint density at radius 1 is 1.06 bits per heavy atom. The van der Waals surface area contributed by atoms with Crippen molar-refractivity contribution in [1.29, 1.82) is 0 Å². The van der Waals surface area contributed by atoms with Gasteiger partial charge in [0.1, 0.15) is 47.1 Å². The van der Waals surface area contributed by atoms with Crippen LogP contribution in [0.3, 0.4) is 0 Å². The van der Waals surface area contributed by atoms with E-state index >= 15 is 4.39 Å². The average molecular weight is 740 g/mol. The molecule has 53 heavy (non-hydrogen) atoms. The van der Waals surface area contributed by atoms with Gasteiger partial charge in [-0.15, -0.1) is 11.3 Å². The number of nitrogens with one attached hydrogen (secondary N) is 1. The standard InChI is InChI=1S/C38H39F2N9O3S/c1-24(38(51,21-47-23-42-22-44-47)30-9-7-25(39)17-31(30)40)46-13-11-26(12-14-46)43-20-29-19-33-36(53-29)45-35(41)37(50)49(33)28-8-10-34-32(18-28)48(15-16-52-34)27-5-3-2-4-6-27/h2-10,17-19,22-24,26,43,51H,11-16,20-21H2,1H3,(H2,41,45)/t24-,38-/m0/s1. The normalized spacial score (nSPS) is 17.0. The number of benzene rings is 3. The van der Waals surface area contributed by atoms with Crippen LogP contribution in [0, 0.1) is 11.6 Å². The Labute approximate surface area is 308 Å². The van der Waals surface area contributed by atoms with Crippen molar-refractivity contribution >= 4 is 38.9 Å². The van der Waals surface area contributed by atoms with Gasteiger partial charge in [-0.1, -0.05) is 24.3 Å². The van der Waals surface area contributed by atoms with Crippen LogP contribution in [0.5, 0.6) is 5.75 Å². The molecule has 0 aliphatic carbocycles. The number of para-hydroxylation sites is 1. The number of fused-ring (bicyclic) bond motifs is 2. The molecule has 2 atom stereocenters. The van der Waals surface area contributed by atoms with Gasteiger partial charge in [-0.2, -0.15) is 5.10 Å². The van der Waals surface area contributed by atoms with E-state index in [1.54, 1.807) is 4.57 Å². The Hall–Kier alpha value is -5.22. The van der Waals surface area contributed by atoms with Gasteiger partial charge in [0.2, 0.25) is 0 Å². The van der Waals surface area contributed by atoms with Crippen LogP contribution < -0.4 is 26.2 Å². The molecule has 1 fully saturated rings. The minimum atomic E-state index is -1.70. The number of aliphatic hydroxyl groups is 1. The van der Waals surface area contributed by atoms with E-state index in [-0.39, 0.29) is 29.5 Å². The van der Waals surface area contributed by atoms with Gasteiger partial charge in [-0.3, -0.25) is 14.3 Å². The van der Waals surface area contributed by atoms with Gasteiger partial charge in [0.25, 0.3) is 5.56 Å². The molecule has 274 valence electrons. The first-order valence-corrected chi connectivity index (χ1v) is 18.4. The fourth-order valence-electron chi connectivity index (χ4n) is 7.49. The van der Waals surface area contributed by atoms with Crippen LogP contribution >= 0.6 is 11.3 Å². The molecule has 0 amide bonds. The highest BCUT2D eigenvalue weighted by Gasteiger charge is 2.42. The molecule has 3 aromatic heterocycles. The monoisotopic (exact) mass is 739 g/mol. The number of nitrogen functional groups attached to an aromatic ring is 1. The van der Waals surface area contributed by atoms with Crippen molar-refractivity contribution in [3.8, 4) is 11.4 Å². The van der Waals surface area contributed by atoms with E-state index < -0.39 is 23.3 Å². The largest absolute Gasteiger partial charge is 0.490 e. The summed E-state index contributed by atoms with van der Waals surface area (Å²) in [6.07, 6.45) is 4.39. The quantitative estimate of drug-likeness (QED) is 0.177. The maximum absolute atomic E-state index is 15.1. The number of piperidine rings is 1. The summed E-state index contributed by atoms with van der Waals surface area (Å²) in [5, 5.41) is 19.8. The summed E-state index contributed by atoms with van der Waals surface area (Å²) in [5.74, 6) is -0.846. The van der Waals surface area contributed by atoms with E-state index in [1.165, 1.54) is 34.7 Å². The van der Waals surface area contributed by atoms with Crippen LogP contribution in [-0.2, 0) is 18.7 Å². The van der Waals surface area contributed by atoms with Gasteiger partial charge < -0.3 is 25.8 Å². The number of ether oxygens (including phenoxy) is 1. The van der Waals surface area contributed by atoms with Crippen LogP contribution in [0.15, 0.2) is 90.2 Å². The van der Waals surface area contributed by atoms with Crippen molar-refractivity contribution < 1.29 is 18.6 Å². The van der Waals surface area contributed by atoms with Gasteiger partial charge in [0.05, 0.1) is 30.0 Å². The van der Waals surface area contributed by atoms with Gasteiger partial charge in [0, 0.05) is 53.9 Å². The molecule has 15 heteroatoms. The molecule has 0 radical (unpaired) electrons. The zero-order valence-corrected chi connectivity index (χ0v) is 29.8. The molecule has 0 bridgehead atoms. The van der Waals surface area contributed by atoms with E-state index in [1.807, 2.05) is 49.4 Å². The van der Waals surface area contributed by atoms with Gasteiger partial charge >= 0.3 is 0 Å². The molecule has 5 heterocycles. The molecule has 12 nitrogen and oxygen atoms in total. The van der Waals surface area contributed by atoms with Crippen LogP contribution in [0.4, 0.5) is 26.0 Å². The fourth-order valence-corrected chi connectivity index (χ4v) is 8.46. The molecular weight excluding hydrogens is 701 g/mol. The number of anilines is 3. The fraction of sp³-hybridized carbons (Fsp3) is 0.316. The molecule has 0 saturated carbocycles. The van der Waals surface area contributed by atoms with Crippen molar-refractivity contribution in [3.05, 3.63) is 118 Å². The van der Waals surface area contributed by atoms with E-state index in [2.05, 4.69) is 42.3 Å². The third kappa shape index (κ3) is 6.76. The Bertz CT molecular complexity index is 2290. The molecule has 6 aromatic rings. The SMILES string of the molecule is C[C@H](N1CCC(NCc2cc3c(nc(N)c(=O)n3-c3ccc4c(c3)N(c3ccccc3)CCO4)s2)CC1)[C@@](O)(Cn1cncn1)c1ccc(F)cc1F. The predicted molar refractivity (Wildman–Crippen MR) is 200 cm³/mol. The van der Waals surface area contributed by atoms with E-state index in [9.17, 15) is 14.3 Å². The summed E-state index contributed by atoms with van der Waals surface area (Å²) in [6, 6.07) is 20.7. The number of nitrogens with two attached hydrogens (primary N) is 1. The Kier molecular flexibility index (Phi) is 9.41. The number of likely N-dealkylation sites (tertiary alicyclic amines) is 1. The van der Waals surface area contributed by atoms with Crippen molar-refractivity contribution in [3.63, 3.8) is 0 Å². The van der Waals surface area contributed by atoms with Gasteiger partial charge in [-0.05, 0) is 62.2 Å². The number of rotatable bonds is 10. The molecule has 3 aromatic carbocycles. The van der Waals surface area contributed by atoms with Crippen molar-refractivity contribution in [2.24, 2.45) is 0 Å². The molecule has 4 N–H and O–H groups in total. The zero-order valence-electron chi connectivity index (χ0n) is 29.0. The highest BCUT2D eigenvalue weighted by atomic mass is 32.1. The minimum Gasteiger partial charge on any atom is -0.490 e. The maximum atomic E-state index is 15.1. The number of hydrogen-bond donors (Lipinski definition) is 3. The second-order valence-corrected chi connectivity index (χ2v) is 14.7. The smallest absolute Gasteiger partial charge is 0.298 e. The predicted octanol–water partition coefficient (Wildman–Crippen LogP) is 4.96. The Balaban J connectivity index is 0.982. The lowest BCUT2D eigenvalue weighted by atomic mass is 9.84. The maximum Gasteiger partial charge on any atom is 0.298 e. The van der Waals surface area contributed by atoms with E-state index in [0.717, 1.165) is 47.0 Å². The van der Waals surface area contributed by atoms with Crippen LogP contribution in [-0.4, -0.2) is 72.6 Å². The van der Waals surface area contributed by atoms with Crippen molar-refractivity contribution in [1.82, 2.24) is 34.5 Å². The summed E-state index contributed by atoms with van der Waals surface area (Å²) >= 11 is 1.49. The molecule has 8 rings (SSSR count). The van der Waals surface area contributed by atoms with E-state index in [4.69, 9.17) is 10.5 Å². The molecule has 0 spiro atoms. The number of hydrogen-bond acceptors (Lipinski definition) is 11. The van der Waals surface area contributed by atoms with Crippen LogP contribution in [0.25, 0.3) is 16.0 Å². The Morgan fingerprint density at radius 2 is 1.87 bits per heavy atom. The number of aromatic nitrogens is 5. The summed E-state index contributed by atoms with van der Waals surface area (Å²) < 4.78 is 38.0. The summed E-state index contributed by atoms with van der Waals surface area (Å²) in [7, 11) is 0. The second-order valence-electron chi connectivity index (χ2n) is 13.5. The first-order chi connectivity index (χ1) is 25.7. The van der Waals surface area contributed by atoms with Crippen LogP contribution in [0.2, 0.25) is 0 Å². The third-order valence-corrected chi connectivity index (χ3v) is 11.4.